The van der Waals surface area contributed by atoms with Gasteiger partial charge in [0.05, 0.1) is 12.5 Å². The van der Waals surface area contributed by atoms with E-state index in [1.54, 1.807) is 0 Å². The van der Waals surface area contributed by atoms with E-state index >= 15 is 0 Å². The van der Waals surface area contributed by atoms with Crippen LogP contribution in [0.3, 0.4) is 0 Å². The number of rotatable bonds is 7. The minimum Gasteiger partial charge on any atom is -0.469 e. The summed E-state index contributed by atoms with van der Waals surface area (Å²) in [5.74, 6) is -0.0158. The molecule has 0 aromatic heterocycles. The van der Waals surface area contributed by atoms with E-state index in [0.29, 0.717) is 0 Å². The third-order valence-electron chi connectivity index (χ3n) is 3.88. The quantitative estimate of drug-likeness (QED) is 0.380. The molecule has 1 aliphatic carbocycles. The summed E-state index contributed by atoms with van der Waals surface area (Å²) in [5.41, 5.74) is -0.234. The van der Waals surface area contributed by atoms with Crippen LogP contribution < -0.4 is 0 Å². The van der Waals surface area contributed by atoms with E-state index in [1.807, 2.05) is 6.08 Å². The number of hydrogen-bond acceptors (Lipinski definition) is 2. The lowest BCUT2D eigenvalue weighted by Crippen LogP contribution is -2.34. The summed E-state index contributed by atoms with van der Waals surface area (Å²) in [6.45, 7) is 3.71. The van der Waals surface area contributed by atoms with Crippen LogP contribution in [0.1, 0.15) is 57.8 Å². The van der Waals surface area contributed by atoms with Crippen molar-refractivity contribution in [3.63, 3.8) is 0 Å². The van der Waals surface area contributed by atoms with E-state index < -0.39 is 0 Å². The van der Waals surface area contributed by atoms with Gasteiger partial charge in [0, 0.05) is 0 Å². The fraction of sp³-hybridized carbons (Fsp3) is 0.688. The molecule has 102 valence electrons. The normalized spacial score (nSPS) is 18.7. The van der Waals surface area contributed by atoms with Crippen molar-refractivity contribution in [2.24, 2.45) is 5.41 Å². The number of unbranched alkanes of at least 4 members (excludes halogenated alkanes) is 2. The lowest BCUT2D eigenvalue weighted by Gasteiger charge is -2.33. The third kappa shape index (κ3) is 4.32. The van der Waals surface area contributed by atoms with Crippen LogP contribution in [0, 0.1) is 5.41 Å². The first-order valence-electron chi connectivity index (χ1n) is 7.09. The van der Waals surface area contributed by atoms with Crippen molar-refractivity contribution in [1.82, 2.24) is 0 Å². The van der Waals surface area contributed by atoms with E-state index in [2.05, 4.69) is 18.7 Å². The van der Waals surface area contributed by atoms with Crippen LogP contribution in [0.2, 0.25) is 0 Å². The molecule has 2 nitrogen and oxygen atoms in total. The Balaban J connectivity index is 2.46. The molecule has 0 radical (unpaired) electrons. The van der Waals surface area contributed by atoms with Crippen molar-refractivity contribution in [3.05, 3.63) is 24.8 Å². The highest BCUT2D eigenvalue weighted by atomic mass is 16.5. The third-order valence-corrected chi connectivity index (χ3v) is 3.88. The van der Waals surface area contributed by atoms with Crippen LogP contribution in [0.25, 0.3) is 0 Å². The van der Waals surface area contributed by atoms with Crippen LogP contribution in [0.15, 0.2) is 24.8 Å². The second kappa shape index (κ2) is 8.12. The molecule has 1 saturated carbocycles. The predicted octanol–water partition coefficient (Wildman–Crippen LogP) is 4.41. The zero-order chi connectivity index (χ0) is 13.3. The van der Waals surface area contributed by atoms with Gasteiger partial charge in [-0.15, -0.1) is 6.58 Å². The maximum Gasteiger partial charge on any atom is 0.312 e. The van der Waals surface area contributed by atoms with Gasteiger partial charge >= 0.3 is 5.97 Å². The van der Waals surface area contributed by atoms with Crippen LogP contribution >= 0.6 is 0 Å². The Morgan fingerprint density at radius 1 is 1.22 bits per heavy atom. The molecule has 0 aromatic carbocycles. The Morgan fingerprint density at radius 2 is 1.94 bits per heavy atom. The minimum absolute atomic E-state index is 0.0158. The van der Waals surface area contributed by atoms with Gasteiger partial charge < -0.3 is 4.74 Å². The molecule has 0 amide bonds. The lowest BCUT2D eigenvalue weighted by atomic mass is 9.72. The molecule has 2 heteroatoms. The first kappa shape index (κ1) is 15.0. The Labute approximate surface area is 111 Å². The predicted molar refractivity (Wildman–Crippen MR) is 75.3 cm³/mol. The van der Waals surface area contributed by atoms with E-state index in [1.165, 1.54) is 13.5 Å². The highest BCUT2D eigenvalue weighted by molar-refractivity contribution is 5.77. The van der Waals surface area contributed by atoms with Gasteiger partial charge in [0.15, 0.2) is 0 Å². The Kier molecular flexibility index (Phi) is 6.77. The van der Waals surface area contributed by atoms with Crippen molar-refractivity contribution in [2.75, 3.05) is 7.11 Å². The molecule has 0 aromatic rings. The Morgan fingerprint density at radius 3 is 2.56 bits per heavy atom. The van der Waals surface area contributed by atoms with Crippen molar-refractivity contribution < 1.29 is 9.53 Å². The smallest absolute Gasteiger partial charge is 0.312 e. The zero-order valence-electron chi connectivity index (χ0n) is 11.6. The maximum atomic E-state index is 12.0. The van der Waals surface area contributed by atoms with Crippen molar-refractivity contribution in [3.8, 4) is 0 Å². The number of carbonyl (C=O) groups excluding carboxylic acids is 1. The summed E-state index contributed by atoms with van der Waals surface area (Å²) in [5, 5.41) is 0. The first-order valence-corrected chi connectivity index (χ1v) is 7.09. The summed E-state index contributed by atoms with van der Waals surface area (Å²) in [4.78, 5) is 12.0. The molecule has 18 heavy (non-hydrogen) atoms. The number of methoxy groups -OCH3 is 1. The first-order chi connectivity index (χ1) is 8.75. The van der Waals surface area contributed by atoms with Gasteiger partial charge in [-0.25, -0.2) is 0 Å². The molecule has 1 aliphatic rings. The summed E-state index contributed by atoms with van der Waals surface area (Å²) in [7, 11) is 1.51. The number of hydrogen-bond donors (Lipinski definition) is 0. The van der Waals surface area contributed by atoms with Crippen molar-refractivity contribution >= 4 is 5.97 Å². The zero-order valence-corrected chi connectivity index (χ0v) is 11.6. The molecule has 0 saturated heterocycles. The molecule has 0 atom stereocenters. The second-order valence-electron chi connectivity index (χ2n) is 5.23. The second-order valence-corrected chi connectivity index (χ2v) is 5.23. The summed E-state index contributed by atoms with van der Waals surface area (Å²) < 4.78 is 5.00. The van der Waals surface area contributed by atoms with Crippen LogP contribution in [0.5, 0.6) is 0 Å². The number of esters is 1. The molecule has 1 rings (SSSR count). The highest BCUT2D eigenvalue weighted by Gasteiger charge is 2.39. The van der Waals surface area contributed by atoms with Gasteiger partial charge in [-0.05, 0) is 38.5 Å². The van der Waals surface area contributed by atoms with E-state index in [-0.39, 0.29) is 11.4 Å². The minimum atomic E-state index is -0.234. The molecular formula is C16H26O2. The highest BCUT2D eigenvalue weighted by Crippen LogP contribution is 2.40. The van der Waals surface area contributed by atoms with E-state index in [0.717, 1.165) is 51.4 Å². The Bertz CT molecular complexity index is 285. The average Bonchev–Trinajstić information content (AvgIpc) is 2.43. The van der Waals surface area contributed by atoms with Crippen molar-refractivity contribution in [1.29, 1.82) is 0 Å². The van der Waals surface area contributed by atoms with Gasteiger partial charge in [0.25, 0.3) is 0 Å². The Hall–Kier alpha value is -1.05. The molecular weight excluding hydrogens is 224 g/mol. The van der Waals surface area contributed by atoms with Gasteiger partial charge in [-0.2, -0.15) is 0 Å². The van der Waals surface area contributed by atoms with Gasteiger partial charge in [0.2, 0.25) is 0 Å². The fourth-order valence-electron chi connectivity index (χ4n) is 2.74. The molecule has 0 heterocycles. The lowest BCUT2D eigenvalue weighted by molar-refractivity contribution is -0.154. The summed E-state index contributed by atoms with van der Waals surface area (Å²) in [6, 6.07) is 0. The van der Waals surface area contributed by atoms with Gasteiger partial charge in [-0.3, -0.25) is 4.79 Å². The topological polar surface area (TPSA) is 26.3 Å². The van der Waals surface area contributed by atoms with Gasteiger partial charge in [-0.1, -0.05) is 37.5 Å². The number of allylic oxidation sites excluding steroid dienone is 3. The molecule has 1 fully saturated rings. The van der Waals surface area contributed by atoms with Crippen molar-refractivity contribution in [2.45, 2.75) is 57.8 Å². The monoisotopic (exact) mass is 250 g/mol. The molecule has 0 bridgehead atoms. The summed E-state index contributed by atoms with van der Waals surface area (Å²) >= 11 is 0. The number of ether oxygens (including phenoxy) is 1. The number of carbonyl (C=O) groups is 1. The van der Waals surface area contributed by atoms with Crippen LogP contribution in [0.4, 0.5) is 0 Å². The molecule has 0 aliphatic heterocycles. The maximum absolute atomic E-state index is 12.0. The SMILES string of the molecule is C=CCCC/C=C/CC1(C(=O)OC)CCCCC1. The average molecular weight is 250 g/mol. The van der Waals surface area contributed by atoms with E-state index in [9.17, 15) is 4.79 Å². The molecule has 0 N–H and O–H groups in total. The fourth-order valence-corrected chi connectivity index (χ4v) is 2.74. The largest absolute Gasteiger partial charge is 0.469 e. The van der Waals surface area contributed by atoms with Crippen LogP contribution in [-0.2, 0) is 9.53 Å². The van der Waals surface area contributed by atoms with Gasteiger partial charge in [0.1, 0.15) is 0 Å². The standard InChI is InChI=1S/C16H26O2/c1-3-4-5-6-7-9-12-16(15(17)18-2)13-10-8-11-14-16/h3,7,9H,1,4-6,8,10-14H2,2H3/b9-7+. The van der Waals surface area contributed by atoms with E-state index in [4.69, 9.17) is 4.74 Å². The summed E-state index contributed by atoms with van der Waals surface area (Å²) in [6.07, 6.45) is 16.0. The van der Waals surface area contributed by atoms with Crippen LogP contribution in [-0.4, -0.2) is 13.1 Å². The molecule has 0 unspecified atom stereocenters. The molecule has 0 spiro atoms.